The van der Waals surface area contributed by atoms with Gasteiger partial charge in [-0.15, -0.1) is 0 Å². The average Bonchev–Trinajstić information content (AvgIpc) is 2.39. The Labute approximate surface area is 119 Å². The van der Waals surface area contributed by atoms with Crippen molar-refractivity contribution in [3.63, 3.8) is 0 Å². The quantitative estimate of drug-likeness (QED) is 0.866. The number of hydrogen-bond donors (Lipinski definition) is 1. The molecule has 1 aromatic carbocycles. The number of hydrogen-bond acceptors (Lipinski definition) is 2. The van der Waals surface area contributed by atoms with Crippen molar-refractivity contribution < 1.29 is 13.5 Å². The van der Waals surface area contributed by atoms with Crippen molar-refractivity contribution in [1.82, 2.24) is 5.32 Å². The van der Waals surface area contributed by atoms with Crippen LogP contribution in [-0.4, -0.2) is 13.7 Å². The van der Waals surface area contributed by atoms with Gasteiger partial charge in [-0.1, -0.05) is 31.9 Å². The van der Waals surface area contributed by atoms with Crippen LogP contribution in [0.25, 0.3) is 0 Å². The Bertz CT molecular complexity index is 425. The molecule has 4 heteroatoms. The van der Waals surface area contributed by atoms with E-state index in [0.717, 1.165) is 11.5 Å². The minimum atomic E-state index is -2.77. The van der Waals surface area contributed by atoms with Gasteiger partial charge in [-0.25, -0.2) is 0 Å². The summed E-state index contributed by atoms with van der Waals surface area (Å²) < 4.78 is 29.1. The smallest absolute Gasteiger partial charge is 0.387 e. The molecule has 1 aliphatic rings. The molecule has 0 heterocycles. The van der Waals surface area contributed by atoms with Gasteiger partial charge in [0.1, 0.15) is 5.75 Å². The molecule has 0 bridgehead atoms. The van der Waals surface area contributed by atoms with Gasteiger partial charge in [0.05, 0.1) is 0 Å². The molecule has 3 atom stereocenters. The molecule has 1 saturated carbocycles. The minimum Gasteiger partial charge on any atom is -0.435 e. The Morgan fingerprint density at radius 3 is 2.75 bits per heavy atom. The topological polar surface area (TPSA) is 21.3 Å². The van der Waals surface area contributed by atoms with Crippen molar-refractivity contribution in [2.45, 2.75) is 45.3 Å². The Hall–Kier alpha value is -1.16. The fraction of sp³-hybridized carbons (Fsp3) is 0.625. The van der Waals surface area contributed by atoms with Gasteiger partial charge in [-0.3, -0.25) is 0 Å². The van der Waals surface area contributed by atoms with Crippen LogP contribution in [0.2, 0.25) is 0 Å². The van der Waals surface area contributed by atoms with E-state index in [-0.39, 0.29) is 11.8 Å². The molecule has 1 aliphatic carbocycles. The van der Waals surface area contributed by atoms with E-state index < -0.39 is 6.61 Å². The first-order valence-electron chi connectivity index (χ1n) is 7.32. The van der Waals surface area contributed by atoms with Gasteiger partial charge in [0, 0.05) is 6.04 Å². The first kappa shape index (κ1) is 15.2. The molecule has 0 saturated heterocycles. The highest BCUT2D eigenvalue weighted by Gasteiger charge is 2.27. The Morgan fingerprint density at radius 1 is 1.30 bits per heavy atom. The molecule has 0 spiro atoms. The zero-order chi connectivity index (χ0) is 14.5. The lowest BCUT2D eigenvalue weighted by Crippen LogP contribution is -2.29. The number of nitrogens with one attached hydrogen (secondary N) is 1. The van der Waals surface area contributed by atoms with Gasteiger partial charge in [0.25, 0.3) is 0 Å². The third-order valence-corrected chi connectivity index (χ3v) is 4.20. The van der Waals surface area contributed by atoms with Gasteiger partial charge >= 0.3 is 6.61 Å². The van der Waals surface area contributed by atoms with Crippen LogP contribution in [0.5, 0.6) is 5.75 Å². The number of halogens is 2. The second-order valence-corrected chi connectivity index (χ2v) is 5.75. The van der Waals surface area contributed by atoms with Gasteiger partial charge in [-0.2, -0.15) is 8.78 Å². The third-order valence-electron chi connectivity index (χ3n) is 4.20. The SMILES string of the molecule is CNC(c1cccc(OC(F)F)c1)C1CCCC(C)C1. The third kappa shape index (κ3) is 3.92. The van der Waals surface area contributed by atoms with Crippen molar-refractivity contribution in [3.8, 4) is 5.75 Å². The van der Waals surface area contributed by atoms with Gasteiger partial charge in [0.2, 0.25) is 0 Å². The maximum Gasteiger partial charge on any atom is 0.387 e. The van der Waals surface area contributed by atoms with Crippen LogP contribution in [-0.2, 0) is 0 Å². The summed E-state index contributed by atoms with van der Waals surface area (Å²) >= 11 is 0. The van der Waals surface area contributed by atoms with Gasteiger partial charge in [0.15, 0.2) is 0 Å². The number of benzene rings is 1. The van der Waals surface area contributed by atoms with E-state index in [4.69, 9.17) is 0 Å². The summed E-state index contributed by atoms with van der Waals surface area (Å²) in [7, 11) is 1.94. The average molecular weight is 283 g/mol. The Kier molecular flexibility index (Phi) is 5.35. The molecule has 1 fully saturated rings. The molecular weight excluding hydrogens is 260 g/mol. The maximum atomic E-state index is 12.3. The van der Waals surface area contributed by atoms with E-state index in [1.807, 2.05) is 13.1 Å². The van der Waals surface area contributed by atoms with Gasteiger partial charge in [-0.05, 0) is 49.4 Å². The minimum absolute atomic E-state index is 0.207. The molecule has 0 amide bonds. The predicted octanol–water partition coefficient (Wildman–Crippen LogP) is 4.37. The van der Waals surface area contributed by atoms with E-state index >= 15 is 0 Å². The Balaban J connectivity index is 2.14. The molecule has 3 unspecified atom stereocenters. The summed E-state index contributed by atoms with van der Waals surface area (Å²) in [5.41, 5.74) is 1.03. The van der Waals surface area contributed by atoms with Crippen LogP contribution < -0.4 is 10.1 Å². The molecule has 1 N–H and O–H groups in total. The number of ether oxygens (including phenoxy) is 1. The highest BCUT2D eigenvalue weighted by molar-refractivity contribution is 5.31. The first-order chi connectivity index (χ1) is 9.60. The lowest BCUT2D eigenvalue weighted by atomic mass is 9.77. The predicted molar refractivity (Wildman–Crippen MR) is 76.0 cm³/mol. The van der Waals surface area contributed by atoms with Crippen molar-refractivity contribution in [2.75, 3.05) is 7.05 Å². The van der Waals surface area contributed by atoms with E-state index in [2.05, 4.69) is 17.0 Å². The van der Waals surface area contributed by atoms with Crippen LogP contribution in [0.1, 0.15) is 44.2 Å². The second-order valence-electron chi connectivity index (χ2n) is 5.75. The van der Waals surface area contributed by atoms with Crippen molar-refractivity contribution in [2.24, 2.45) is 11.8 Å². The highest BCUT2D eigenvalue weighted by Crippen LogP contribution is 2.37. The molecule has 0 radical (unpaired) electrons. The second kappa shape index (κ2) is 7.02. The summed E-state index contributed by atoms with van der Waals surface area (Å²) in [5, 5.41) is 3.35. The standard InChI is InChI=1S/C16H23F2NO/c1-11-5-3-6-12(9-11)15(19-2)13-7-4-8-14(10-13)20-16(17)18/h4,7-8,10-12,15-16,19H,3,5-6,9H2,1-2H3. The summed E-state index contributed by atoms with van der Waals surface area (Å²) in [6.45, 7) is -0.483. The molecule has 0 aromatic heterocycles. The zero-order valence-corrected chi connectivity index (χ0v) is 12.1. The zero-order valence-electron chi connectivity index (χ0n) is 12.1. The largest absolute Gasteiger partial charge is 0.435 e. The molecule has 2 rings (SSSR count). The molecular formula is C16H23F2NO. The van der Waals surface area contributed by atoms with Crippen molar-refractivity contribution in [3.05, 3.63) is 29.8 Å². The van der Waals surface area contributed by atoms with Crippen molar-refractivity contribution in [1.29, 1.82) is 0 Å². The van der Waals surface area contributed by atoms with E-state index in [1.54, 1.807) is 18.2 Å². The summed E-state index contributed by atoms with van der Waals surface area (Å²) in [5.74, 6) is 1.54. The molecule has 112 valence electrons. The highest BCUT2D eigenvalue weighted by atomic mass is 19.3. The van der Waals surface area contributed by atoms with Crippen LogP contribution in [0.3, 0.4) is 0 Å². The normalized spacial score (nSPS) is 24.6. The van der Waals surface area contributed by atoms with E-state index in [9.17, 15) is 8.78 Å². The van der Waals surface area contributed by atoms with Crippen molar-refractivity contribution >= 4 is 0 Å². The van der Waals surface area contributed by atoms with Crippen LogP contribution in [0.4, 0.5) is 8.78 Å². The first-order valence-corrected chi connectivity index (χ1v) is 7.32. The summed E-state index contributed by atoms with van der Waals surface area (Å²) in [4.78, 5) is 0. The summed E-state index contributed by atoms with van der Waals surface area (Å²) in [6, 6.07) is 7.28. The molecule has 2 nitrogen and oxygen atoms in total. The van der Waals surface area contributed by atoms with Crippen LogP contribution >= 0.6 is 0 Å². The molecule has 20 heavy (non-hydrogen) atoms. The lowest BCUT2D eigenvalue weighted by Gasteiger charge is -2.33. The number of alkyl halides is 2. The molecule has 1 aromatic rings. The van der Waals surface area contributed by atoms with Crippen LogP contribution in [0.15, 0.2) is 24.3 Å². The van der Waals surface area contributed by atoms with Gasteiger partial charge < -0.3 is 10.1 Å². The molecule has 0 aliphatic heterocycles. The number of rotatable bonds is 5. The lowest BCUT2D eigenvalue weighted by molar-refractivity contribution is -0.0499. The van der Waals surface area contributed by atoms with Crippen LogP contribution in [0, 0.1) is 11.8 Å². The fourth-order valence-corrected chi connectivity index (χ4v) is 3.34. The summed E-state index contributed by atoms with van der Waals surface area (Å²) in [6.07, 6.45) is 4.92. The Morgan fingerprint density at radius 2 is 2.10 bits per heavy atom. The monoisotopic (exact) mass is 283 g/mol. The van der Waals surface area contributed by atoms with E-state index in [0.29, 0.717) is 5.92 Å². The van der Waals surface area contributed by atoms with E-state index in [1.165, 1.54) is 25.7 Å². The maximum absolute atomic E-state index is 12.3. The fourth-order valence-electron chi connectivity index (χ4n) is 3.34.